The molecule has 0 aliphatic heterocycles. The summed E-state index contributed by atoms with van der Waals surface area (Å²) in [6.45, 7) is 0. The summed E-state index contributed by atoms with van der Waals surface area (Å²) in [5, 5.41) is 1.16. The van der Waals surface area contributed by atoms with Gasteiger partial charge < -0.3 is 4.72 Å². The van der Waals surface area contributed by atoms with Gasteiger partial charge in [-0.05, 0) is 59.0 Å². The van der Waals surface area contributed by atoms with Gasteiger partial charge in [-0.2, -0.15) is 0 Å². The fourth-order valence-corrected chi connectivity index (χ4v) is 5.32. The molecular formula is C28H23Cl2NO2S. The van der Waals surface area contributed by atoms with Gasteiger partial charge in [-0.3, -0.25) is 4.79 Å². The third-order valence-corrected chi connectivity index (χ3v) is 7.34. The number of Topliss-reactive ketones (excluding diaryl/α,β-unsaturated/α-hetero) is 1. The third-order valence-electron chi connectivity index (χ3n) is 5.45. The molecule has 0 radical (unpaired) electrons. The lowest BCUT2D eigenvalue weighted by atomic mass is 10.0. The maximum atomic E-state index is 13.1. The van der Waals surface area contributed by atoms with Crippen LogP contribution in [0.5, 0.6) is 0 Å². The minimum absolute atomic E-state index is 0.108. The average Bonchev–Trinajstić information content (AvgIpc) is 2.85. The zero-order valence-corrected chi connectivity index (χ0v) is 20.7. The fraction of sp³-hybridized carbons (Fsp3) is 0.107. The Labute approximate surface area is 212 Å². The molecule has 0 aliphatic rings. The van der Waals surface area contributed by atoms with E-state index in [1.54, 1.807) is 18.2 Å². The number of nitrogens with one attached hydrogen (secondary N) is 1. The van der Waals surface area contributed by atoms with Gasteiger partial charge in [0, 0.05) is 28.6 Å². The van der Waals surface area contributed by atoms with Crippen LogP contribution in [0.2, 0.25) is 10.0 Å². The van der Waals surface area contributed by atoms with Crippen molar-refractivity contribution in [3.8, 4) is 11.1 Å². The highest BCUT2D eigenvalue weighted by atomic mass is 35.5. The van der Waals surface area contributed by atoms with Crippen molar-refractivity contribution in [2.45, 2.75) is 24.2 Å². The van der Waals surface area contributed by atoms with E-state index in [4.69, 9.17) is 23.2 Å². The number of carbonyl (C=O) groups is 1. The molecule has 0 bridgehead atoms. The molecule has 0 heterocycles. The summed E-state index contributed by atoms with van der Waals surface area (Å²) in [6.07, 6.45) is 1.20. The number of halogens is 2. The third kappa shape index (κ3) is 6.15. The van der Waals surface area contributed by atoms with Crippen molar-refractivity contribution in [1.29, 1.82) is 0 Å². The summed E-state index contributed by atoms with van der Waals surface area (Å²) in [5.74, 6) is 0.108. The SMILES string of the molecule is O=C(CCc1c(Cl)cccc1Cl)Cc1ccc(NS(=O)c2ccccc2-c2ccccc2)cc1. The Hall–Kier alpha value is -2.92. The van der Waals surface area contributed by atoms with Crippen molar-refractivity contribution in [3.63, 3.8) is 0 Å². The molecule has 1 unspecified atom stereocenters. The van der Waals surface area contributed by atoms with Gasteiger partial charge >= 0.3 is 0 Å². The van der Waals surface area contributed by atoms with E-state index in [9.17, 15) is 9.00 Å². The Kier molecular flexibility index (Phi) is 8.17. The molecule has 1 N–H and O–H groups in total. The second-order valence-electron chi connectivity index (χ2n) is 7.85. The van der Waals surface area contributed by atoms with Crippen LogP contribution in [-0.4, -0.2) is 9.99 Å². The Bertz CT molecular complexity index is 1290. The van der Waals surface area contributed by atoms with Crippen LogP contribution in [0.4, 0.5) is 5.69 Å². The first-order valence-electron chi connectivity index (χ1n) is 10.9. The highest BCUT2D eigenvalue weighted by Crippen LogP contribution is 2.27. The zero-order valence-electron chi connectivity index (χ0n) is 18.3. The first kappa shape index (κ1) is 24.2. The van der Waals surface area contributed by atoms with Gasteiger partial charge in [-0.1, -0.05) is 89.9 Å². The number of rotatable bonds is 9. The number of benzene rings is 4. The molecule has 172 valence electrons. The van der Waals surface area contributed by atoms with Gasteiger partial charge in [-0.25, -0.2) is 4.21 Å². The Morgan fingerprint density at radius 1 is 0.765 bits per heavy atom. The van der Waals surface area contributed by atoms with Gasteiger partial charge in [0.05, 0.1) is 4.90 Å². The van der Waals surface area contributed by atoms with Crippen molar-refractivity contribution in [1.82, 2.24) is 0 Å². The van der Waals surface area contributed by atoms with E-state index in [2.05, 4.69) is 4.72 Å². The highest BCUT2D eigenvalue weighted by Gasteiger charge is 2.12. The van der Waals surface area contributed by atoms with Crippen LogP contribution in [0.3, 0.4) is 0 Å². The lowest BCUT2D eigenvalue weighted by Crippen LogP contribution is -2.07. The van der Waals surface area contributed by atoms with Crippen LogP contribution < -0.4 is 4.72 Å². The predicted molar refractivity (Wildman–Crippen MR) is 142 cm³/mol. The zero-order chi connectivity index (χ0) is 23.9. The van der Waals surface area contributed by atoms with E-state index in [0.29, 0.717) is 34.2 Å². The molecule has 0 spiro atoms. The molecule has 0 aliphatic carbocycles. The Morgan fingerprint density at radius 2 is 1.41 bits per heavy atom. The van der Waals surface area contributed by atoms with Crippen molar-refractivity contribution < 1.29 is 9.00 Å². The van der Waals surface area contributed by atoms with Gasteiger partial charge in [0.15, 0.2) is 11.0 Å². The van der Waals surface area contributed by atoms with Crippen molar-refractivity contribution in [2.75, 3.05) is 4.72 Å². The largest absolute Gasteiger partial charge is 0.301 e. The van der Waals surface area contributed by atoms with Crippen molar-refractivity contribution in [3.05, 3.63) is 118 Å². The van der Waals surface area contributed by atoms with Gasteiger partial charge in [0.1, 0.15) is 5.78 Å². The number of anilines is 1. The molecule has 3 nitrogen and oxygen atoms in total. The predicted octanol–water partition coefficient (Wildman–Crippen LogP) is 7.54. The summed E-state index contributed by atoms with van der Waals surface area (Å²) < 4.78 is 16.1. The van der Waals surface area contributed by atoms with E-state index in [1.165, 1.54) is 0 Å². The lowest BCUT2D eigenvalue weighted by Gasteiger charge is -2.11. The standard InChI is InChI=1S/C28H23Cl2NO2S/c29-26-10-6-11-27(30)25(26)18-17-23(32)19-20-13-15-22(16-14-20)31-34(33)28-12-5-4-9-24(28)21-7-2-1-3-8-21/h1-16,31H,17-19H2. The topological polar surface area (TPSA) is 46.2 Å². The van der Waals surface area contributed by atoms with E-state index >= 15 is 0 Å². The minimum atomic E-state index is -1.43. The van der Waals surface area contributed by atoms with Crippen LogP contribution in [-0.2, 0) is 28.6 Å². The number of hydrogen-bond acceptors (Lipinski definition) is 2. The van der Waals surface area contributed by atoms with Crippen molar-refractivity contribution in [2.24, 2.45) is 0 Å². The summed E-state index contributed by atoms with van der Waals surface area (Å²) in [4.78, 5) is 13.2. The molecule has 4 aromatic carbocycles. The van der Waals surface area contributed by atoms with Crippen LogP contribution in [0.25, 0.3) is 11.1 Å². The van der Waals surface area contributed by atoms with Gasteiger partial charge in [-0.15, -0.1) is 0 Å². The fourth-order valence-electron chi connectivity index (χ4n) is 3.69. The second kappa shape index (κ2) is 11.5. The Balaban J connectivity index is 1.37. The minimum Gasteiger partial charge on any atom is -0.301 e. The summed E-state index contributed by atoms with van der Waals surface area (Å²) >= 11 is 12.4. The van der Waals surface area contributed by atoms with Crippen LogP contribution in [0.1, 0.15) is 17.5 Å². The summed E-state index contributed by atoms with van der Waals surface area (Å²) in [6, 6.07) is 30.3. The van der Waals surface area contributed by atoms with E-state index in [0.717, 1.165) is 27.9 Å². The molecule has 34 heavy (non-hydrogen) atoms. The van der Waals surface area contributed by atoms with E-state index in [1.807, 2.05) is 78.9 Å². The highest BCUT2D eigenvalue weighted by molar-refractivity contribution is 7.86. The molecule has 1 atom stereocenters. The quantitative estimate of drug-likeness (QED) is 0.254. The molecule has 0 saturated carbocycles. The van der Waals surface area contributed by atoms with Crippen LogP contribution in [0, 0.1) is 0 Å². The average molecular weight is 508 g/mol. The van der Waals surface area contributed by atoms with Gasteiger partial charge in [0.25, 0.3) is 0 Å². The molecular weight excluding hydrogens is 485 g/mol. The van der Waals surface area contributed by atoms with Crippen LogP contribution in [0.15, 0.2) is 102 Å². The lowest BCUT2D eigenvalue weighted by molar-refractivity contribution is -0.118. The smallest absolute Gasteiger partial charge is 0.150 e. The molecule has 6 heteroatoms. The molecule has 4 aromatic rings. The molecule has 0 saturated heterocycles. The normalized spacial score (nSPS) is 11.7. The number of carbonyl (C=O) groups excluding carboxylic acids is 1. The molecule has 0 amide bonds. The van der Waals surface area contributed by atoms with Crippen molar-refractivity contribution >= 4 is 45.7 Å². The maximum absolute atomic E-state index is 13.1. The number of hydrogen-bond donors (Lipinski definition) is 1. The summed E-state index contributed by atoms with van der Waals surface area (Å²) in [5.41, 5.74) is 4.36. The molecule has 0 aromatic heterocycles. The van der Waals surface area contributed by atoms with E-state index in [-0.39, 0.29) is 5.78 Å². The summed E-state index contributed by atoms with van der Waals surface area (Å²) in [7, 11) is -1.43. The maximum Gasteiger partial charge on any atom is 0.150 e. The first-order chi connectivity index (χ1) is 16.5. The monoisotopic (exact) mass is 507 g/mol. The van der Waals surface area contributed by atoms with Crippen LogP contribution >= 0.6 is 23.2 Å². The first-order valence-corrected chi connectivity index (χ1v) is 12.8. The van der Waals surface area contributed by atoms with E-state index < -0.39 is 11.0 Å². The van der Waals surface area contributed by atoms with Gasteiger partial charge in [0.2, 0.25) is 0 Å². The Morgan fingerprint density at radius 3 is 2.12 bits per heavy atom. The number of ketones is 1. The molecule has 0 fully saturated rings. The molecule has 4 rings (SSSR count). The second-order valence-corrected chi connectivity index (χ2v) is 9.84.